The van der Waals surface area contributed by atoms with E-state index in [0.29, 0.717) is 40.7 Å². The number of methoxy groups -OCH3 is 3. The van der Waals surface area contributed by atoms with E-state index in [0.717, 1.165) is 12.8 Å². The van der Waals surface area contributed by atoms with Crippen LogP contribution in [0, 0.1) is 0 Å². The van der Waals surface area contributed by atoms with Gasteiger partial charge in [0.2, 0.25) is 5.75 Å². The molecular weight excluding hydrogens is 362 g/mol. The molecule has 28 heavy (non-hydrogen) atoms. The summed E-state index contributed by atoms with van der Waals surface area (Å²) >= 11 is 0. The summed E-state index contributed by atoms with van der Waals surface area (Å²) in [5.41, 5.74) is 1.17. The van der Waals surface area contributed by atoms with Gasteiger partial charge in [-0.05, 0) is 36.8 Å². The topological polar surface area (TPSA) is 83.1 Å². The summed E-state index contributed by atoms with van der Waals surface area (Å²) in [4.78, 5) is 24.7. The third-order valence-electron chi connectivity index (χ3n) is 4.01. The first kappa shape index (κ1) is 21.1. The number of amides is 1. The molecule has 0 saturated carbocycles. The van der Waals surface area contributed by atoms with E-state index in [-0.39, 0.29) is 5.91 Å². The Bertz CT molecular complexity index is 808. The van der Waals surface area contributed by atoms with Gasteiger partial charge in [0.1, 0.15) is 0 Å². The zero-order valence-corrected chi connectivity index (χ0v) is 16.5. The third-order valence-corrected chi connectivity index (χ3v) is 4.01. The molecule has 0 spiro atoms. The molecule has 0 aliphatic heterocycles. The van der Waals surface area contributed by atoms with Crippen LogP contribution in [-0.2, 0) is 4.74 Å². The van der Waals surface area contributed by atoms with E-state index in [4.69, 9.17) is 18.9 Å². The third kappa shape index (κ3) is 5.16. The van der Waals surface area contributed by atoms with Crippen LogP contribution < -0.4 is 19.5 Å². The summed E-state index contributed by atoms with van der Waals surface area (Å²) in [6, 6.07) is 9.70. The van der Waals surface area contributed by atoms with E-state index < -0.39 is 5.97 Å². The molecule has 0 aliphatic rings. The minimum atomic E-state index is -0.419. The fourth-order valence-corrected chi connectivity index (χ4v) is 2.53. The molecule has 150 valence electrons. The Hall–Kier alpha value is -3.22. The first-order valence-corrected chi connectivity index (χ1v) is 8.92. The largest absolute Gasteiger partial charge is 0.493 e. The smallest absolute Gasteiger partial charge is 0.338 e. The highest BCUT2D eigenvalue weighted by Crippen LogP contribution is 2.38. The molecule has 1 N–H and O–H groups in total. The van der Waals surface area contributed by atoms with Gasteiger partial charge in [0.05, 0.1) is 33.5 Å². The molecule has 7 nitrogen and oxygen atoms in total. The van der Waals surface area contributed by atoms with Crippen molar-refractivity contribution in [1.29, 1.82) is 0 Å². The van der Waals surface area contributed by atoms with Gasteiger partial charge >= 0.3 is 5.97 Å². The number of unbranched alkanes of at least 4 members (excludes halogenated alkanes) is 1. The van der Waals surface area contributed by atoms with E-state index in [2.05, 4.69) is 5.32 Å². The molecule has 0 saturated heterocycles. The van der Waals surface area contributed by atoms with Crippen LogP contribution in [0.2, 0.25) is 0 Å². The number of carbonyl (C=O) groups excluding carboxylic acids is 2. The van der Waals surface area contributed by atoms with Crippen molar-refractivity contribution in [3.63, 3.8) is 0 Å². The van der Waals surface area contributed by atoms with E-state index in [1.807, 2.05) is 6.92 Å². The van der Waals surface area contributed by atoms with Gasteiger partial charge in [-0.25, -0.2) is 4.79 Å². The van der Waals surface area contributed by atoms with Gasteiger partial charge < -0.3 is 24.3 Å². The number of benzene rings is 2. The van der Waals surface area contributed by atoms with Crippen molar-refractivity contribution in [2.24, 2.45) is 0 Å². The molecular formula is C21H25NO6. The summed E-state index contributed by atoms with van der Waals surface area (Å²) in [6.07, 6.45) is 1.75. The first-order valence-electron chi connectivity index (χ1n) is 8.92. The molecule has 0 heterocycles. The monoisotopic (exact) mass is 387 g/mol. The van der Waals surface area contributed by atoms with Crippen molar-refractivity contribution < 1.29 is 28.5 Å². The van der Waals surface area contributed by atoms with Crippen molar-refractivity contribution in [2.45, 2.75) is 19.8 Å². The van der Waals surface area contributed by atoms with Gasteiger partial charge in [0.15, 0.2) is 11.5 Å². The van der Waals surface area contributed by atoms with Crippen molar-refractivity contribution in [2.75, 3.05) is 33.3 Å². The zero-order chi connectivity index (χ0) is 20.5. The van der Waals surface area contributed by atoms with E-state index in [1.165, 1.54) is 21.3 Å². The molecule has 2 rings (SSSR count). The van der Waals surface area contributed by atoms with E-state index >= 15 is 0 Å². The highest BCUT2D eigenvalue weighted by atomic mass is 16.5. The lowest BCUT2D eigenvalue weighted by Gasteiger charge is -2.14. The number of ether oxygens (including phenoxy) is 4. The second kappa shape index (κ2) is 10.2. The Morgan fingerprint density at radius 3 is 2.18 bits per heavy atom. The van der Waals surface area contributed by atoms with Crippen molar-refractivity contribution in [3.05, 3.63) is 47.5 Å². The number of hydrogen-bond acceptors (Lipinski definition) is 6. The van der Waals surface area contributed by atoms with Crippen LogP contribution in [0.5, 0.6) is 17.2 Å². The highest BCUT2D eigenvalue weighted by molar-refractivity contribution is 6.05. The number of nitrogens with one attached hydrogen (secondary N) is 1. The fraction of sp³-hybridized carbons (Fsp3) is 0.333. The summed E-state index contributed by atoms with van der Waals surface area (Å²) in [5.74, 6) is 0.354. The Balaban J connectivity index is 2.19. The SMILES string of the molecule is CCCCOC(=O)c1cccc(NC(=O)c2cc(OC)c(OC)c(OC)c2)c1. The highest BCUT2D eigenvalue weighted by Gasteiger charge is 2.17. The predicted molar refractivity (Wildman–Crippen MR) is 106 cm³/mol. The molecule has 0 atom stereocenters. The standard InChI is InChI=1S/C21H25NO6/c1-5-6-10-28-21(24)14-8-7-9-16(11-14)22-20(23)15-12-17(25-2)19(27-4)18(13-15)26-3/h7-9,11-13H,5-6,10H2,1-4H3,(H,22,23). The van der Waals surface area contributed by atoms with Gasteiger partial charge in [-0.3, -0.25) is 4.79 Å². The van der Waals surface area contributed by atoms with Crippen LogP contribution in [0.15, 0.2) is 36.4 Å². The number of rotatable bonds is 9. The van der Waals surface area contributed by atoms with Crippen LogP contribution in [0.3, 0.4) is 0 Å². The van der Waals surface area contributed by atoms with Gasteiger partial charge in [0, 0.05) is 11.3 Å². The lowest BCUT2D eigenvalue weighted by atomic mass is 10.1. The average molecular weight is 387 g/mol. The Morgan fingerprint density at radius 2 is 1.61 bits per heavy atom. The lowest BCUT2D eigenvalue weighted by Crippen LogP contribution is -2.13. The van der Waals surface area contributed by atoms with E-state index in [9.17, 15) is 9.59 Å². The molecule has 0 aromatic heterocycles. The number of hydrogen-bond donors (Lipinski definition) is 1. The van der Waals surface area contributed by atoms with Crippen LogP contribution in [0.4, 0.5) is 5.69 Å². The van der Waals surface area contributed by atoms with E-state index in [1.54, 1.807) is 36.4 Å². The summed E-state index contributed by atoms with van der Waals surface area (Å²) in [7, 11) is 4.45. The quantitative estimate of drug-likeness (QED) is 0.519. The number of carbonyl (C=O) groups is 2. The van der Waals surface area contributed by atoms with Crippen LogP contribution in [0.25, 0.3) is 0 Å². The van der Waals surface area contributed by atoms with Crippen LogP contribution >= 0.6 is 0 Å². The second-order valence-electron chi connectivity index (χ2n) is 5.94. The first-order chi connectivity index (χ1) is 13.5. The van der Waals surface area contributed by atoms with Gasteiger partial charge in [-0.1, -0.05) is 19.4 Å². The normalized spacial score (nSPS) is 10.1. The molecule has 0 aliphatic carbocycles. The summed E-state index contributed by atoms with van der Waals surface area (Å²) < 4.78 is 21.0. The predicted octanol–water partition coefficient (Wildman–Crippen LogP) is 3.92. The van der Waals surface area contributed by atoms with Crippen LogP contribution in [0.1, 0.15) is 40.5 Å². The molecule has 1 amide bonds. The Labute approximate surface area is 164 Å². The lowest BCUT2D eigenvalue weighted by molar-refractivity contribution is 0.0499. The molecule has 0 radical (unpaired) electrons. The Morgan fingerprint density at radius 1 is 0.929 bits per heavy atom. The maximum Gasteiger partial charge on any atom is 0.338 e. The minimum Gasteiger partial charge on any atom is -0.493 e. The molecule has 0 bridgehead atoms. The minimum absolute atomic E-state index is 0.324. The van der Waals surface area contributed by atoms with Crippen LogP contribution in [-0.4, -0.2) is 39.8 Å². The average Bonchev–Trinajstić information content (AvgIpc) is 2.72. The number of anilines is 1. The molecule has 0 unspecified atom stereocenters. The Kier molecular flexibility index (Phi) is 7.68. The fourth-order valence-electron chi connectivity index (χ4n) is 2.53. The molecule has 7 heteroatoms. The van der Waals surface area contributed by atoms with Gasteiger partial charge in [0.25, 0.3) is 5.91 Å². The second-order valence-corrected chi connectivity index (χ2v) is 5.94. The maximum absolute atomic E-state index is 12.7. The number of esters is 1. The van der Waals surface area contributed by atoms with Gasteiger partial charge in [-0.2, -0.15) is 0 Å². The van der Waals surface area contributed by atoms with Crippen molar-refractivity contribution >= 4 is 17.6 Å². The van der Waals surface area contributed by atoms with Crippen molar-refractivity contribution in [1.82, 2.24) is 0 Å². The zero-order valence-electron chi connectivity index (χ0n) is 16.5. The summed E-state index contributed by atoms with van der Waals surface area (Å²) in [5, 5.41) is 2.76. The molecule has 0 fully saturated rings. The maximum atomic E-state index is 12.7. The van der Waals surface area contributed by atoms with Crippen molar-refractivity contribution in [3.8, 4) is 17.2 Å². The molecule has 2 aromatic carbocycles. The molecule has 2 aromatic rings. The van der Waals surface area contributed by atoms with Gasteiger partial charge in [-0.15, -0.1) is 0 Å². The summed E-state index contributed by atoms with van der Waals surface area (Å²) in [6.45, 7) is 2.39.